The molecule has 0 fully saturated rings. The third-order valence-corrected chi connectivity index (χ3v) is 6.29. The summed E-state index contributed by atoms with van der Waals surface area (Å²) in [6.07, 6.45) is 12.9. The molecule has 1 aromatic carbocycles. The topological polar surface area (TPSA) is 86.4 Å². The van der Waals surface area contributed by atoms with E-state index in [2.05, 4.69) is 48.2 Å². The first-order chi connectivity index (χ1) is 17.0. The summed E-state index contributed by atoms with van der Waals surface area (Å²) in [5.41, 5.74) is 7.56. The lowest BCUT2D eigenvalue weighted by molar-refractivity contribution is 0.402. The number of H-pyrrole nitrogens is 2. The molecule has 0 bridgehead atoms. The Morgan fingerprint density at radius 3 is 2.74 bits per heavy atom. The Kier molecular flexibility index (Phi) is 5.22. The number of aromatic amines is 2. The van der Waals surface area contributed by atoms with Crippen molar-refractivity contribution in [3.63, 3.8) is 0 Å². The molecule has 4 heterocycles. The van der Waals surface area contributed by atoms with Gasteiger partial charge in [-0.25, -0.2) is 9.37 Å². The average Bonchev–Trinajstić information content (AvgIpc) is 3.48. The van der Waals surface area contributed by atoms with Gasteiger partial charge < -0.3 is 9.88 Å². The van der Waals surface area contributed by atoms with Gasteiger partial charge in [-0.1, -0.05) is 12.1 Å². The number of fused-ring (bicyclic) bond motifs is 2. The second-order valence-electron chi connectivity index (χ2n) is 9.15. The molecule has 6 rings (SSSR count). The molecule has 1 unspecified atom stereocenters. The first kappa shape index (κ1) is 21.4. The van der Waals surface area contributed by atoms with Crippen LogP contribution in [0.1, 0.15) is 23.5 Å². The zero-order chi connectivity index (χ0) is 23.9. The lowest BCUT2D eigenvalue weighted by Gasteiger charge is -2.13. The van der Waals surface area contributed by atoms with Crippen LogP contribution in [0.3, 0.4) is 0 Å². The van der Waals surface area contributed by atoms with Gasteiger partial charge in [-0.15, -0.1) is 0 Å². The summed E-state index contributed by atoms with van der Waals surface area (Å²) in [7, 11) is 4.09. The Labute approximate surface area is 201 Å². The highest BCUT2D eigenvalue weighted by molar-refractivity contribution is 5.96. The molecule has 0 saturated heterocycles. The van der Waals surface area contributed by atoms with E-state index in [1.807, 2.05) is 44.8 Å². The van der Waals surface area contributed by atoms with Crippen molar-refractivity contribution in [1.82, 2.24) is 35.0 Å². The summed E-state index contributed by atoms with van der Waals surface area (Å²) in [5, 5.41) is 8.66. The number of nitrogens with zero attached hydrogens (tertiary/aromatic N) is 5. The van der Waals surface area contributed by atoms with Gasteiger partial charge in [-0.05, 0) is 62.0 Å². The van der Waals surface area contributed by atoms with Crippen LogP contribution in [0.2, 0.25) is 0 Å². The molecule has 0 amide bonds. The van der Waals surface area contributed by atoms with Crippen LogP contribution >= 0.6 is 0 Å². The second-order valence-corrected chi connectivity index (χ2v) is 9.15. The molecule has 0 saturated carbocycles. The molecule has 1 atom stereocenters. The third-order valence-electron chi connectivity index (χ3n) is 6.29. The van der Waals surface area contributed by atoms with E-state index < -0.39 is 0 Å². The fourth-order valence-corrected chi connectivity index (χ4v) is 4.63. The summed E-state index contributed by atoms with van der Waals surface area (Å²) >= 11 is 0. The number of hydrogen-bond acceptors (Lipinski definition) is 5. The highest BCUT2D eigenvalue weighted by Gasteiger charge is 2.19. The Bertz CT molecular complexity index is 1610. The van der Waals surface area contributed by atoms with Crippen molar-refractivity contribution < 1.29 is 4.39 Å². The molecule has 1 aliphatic carbocycles. The van der Waals surface area contributed by atoms with E-state index in [4.69, 9.17) is 4.98 Å². The molecule has 4 aromatic heterocycles. The van der Waals surface area contributed by atoms with E-state index in [1.165, 1.54) is 6.08 Å². The minimum atomic E-state index is -0.203. The zero-order valence-corrected chi connectivity index (χ0v) is 19.5. The van der Waals surface area contributed by atoms with Crippen molar-refractivity contribution >= 4 is 21.9 Å². The Morgan fingerprint density at radius 1 is 1.03 bits per heavy atom. The largest absolute Gasteiger partial charge is 0.335 e. The van der Waals surface area contributed by atoms with Crippen LogP contribution in [0.25, 0.3) is 44.6 Å². The molecule has 7 nitrogen and oxygen atoms in total. The van der Waals surface area contributed by atoms with Gasteiger partial charge >= 0.3 is 0 Å². The van der Waals surface area contributed by atoms with Gasteiger partial charge in [0.05, 0.1) is 22.7 Å². The van der Waals surface area contributed by atoms with Gasteiger partial charge in [0.2, 0.25) is 0 Å². The molecule has 0 spiro atoms. The summed E-state index contributed by atoms with van der Waals surface area (Å²) < 4.78 is 13.5. The number of rotatable bonds is 5. The Hall–Kier alpha value is -4.17. The summed E-state index contributed by atoms with van der Waals surface area (Å²) in [4.78, 5) is 19.2. The van der Waals surface area contributed by atoms with Gasteiger partial charge in [-0.3, -0.25) is 15.1 Å². The van der Waals surface area contributed by atoms with Crippen LogP contribution in [0.5, 0.6) is 0 Å². The zero-order valence-electron chi connectivity index (χ0n) is 19.5. The highest BCUT2D eigenvalue weighted by atomic mass is 19.1. The number of halogens is 1. The minimum absolute atomic E-state index is 0.0336. The first-order valence-electron chi connectivity index (χ1n) is 11.5. The summed E-state index contributed by atoms with van der Waals surface area (Å²) in [5.74, 6) is 0.496. The van der Waals surface area contributed by atoms with Crippen molar-refractivity contribution in [2.24, 2.45) is 0 Å². The van der Waals surface area contributed by atoms with Gasteiger partial charge in [0.1, 0.15) is 11.5 Å². The van der Waals surface area contributed by atoms with E-state index in [-0.39, 0.29) is 11.7 Å². The van der Waals surface area contributed by atoms with Crippen molar-refractivity contribution in [1.29, 1.82) is 0 Å². The number of hydrogen-bond donors (Lipinski definition) is 2. The molecule has 35 heavy (non-hydrogen) atoms. The fourth-order valence-electron chi connectivity index (χ4n) is 4.63. The lowest BCUT2D eigenvalue weighted by Crippen LogP contribution is -2.10. The lowest BCUT2D eigenvalue weighted by atomic mass is 9.93. The maximum absolute atomic E-state index is 13.5. The number of benzene rings is 1. The Morgan fingerprint density at radius 2 is 1.91 bits per heavy atom. The standard InChI is InChI=1S/C27H24FN7/c1-35(2)15-16-9-19(12-29-11-16)18-5-8-23-21(10-18)26(34-33-23)27-31-24-14-30-13-22(25(24)32-27)17-3-6-20(28)7-4-17/h3,5-14,17H,4,15H2,1-2H3,(H,31,32)(H,33,34). The van der Waals surface area contributed by atoms with E-state index in [9.17, 15) is 4.39 Å². The molecule has 174 valence electrons. The van der Waals surface area contributed by atoms with Gasteiger partial charge in [0.15, 0.2) is 5.82 Å². The fraction of sp³-hybridized carbons (Fsp3) is 0.185. The average molecular weight is 466 g/mol. The SMILES string of the molecule is CN(C)Cc1cncc(-c2ccc3[nH]nc(-c4nc5c(C6C=CC(F)=CC6)cncc5[nH]4)c3c2)c1. The van der Waals surface area contributed by atoms with E-state index in [0.29, 0.717) is 12.2 Å². The first-order valence-corrected chi connectivity index (χ1v) is 11.5. The molecule has 2 N–H and O–H groups in total. The molecular weight excluding hydrogens is 441 g/mol. The maximum Gasteiger partial charge on any atom is 0.159 e. The van der Waals surface area contributed by atoms with Crippen LogP contribution in [0, 0.1) is 0 Å². The van der Waals surface area contributed by atoms with Crippen LogP contribution in [0.4, 0.5) is 4.39 Å². The molecule has 0 aliphatic heterocycles. The van der Waals surface area contributed by atoms with E-state index >= 15 is 0 Å². The van der Waals surface area contributed by atoms with Crippen LogP contribution in [-0.4, -0.2) is 49.1 Å². The predicted octanol–water partition coefficient (Wildman–Crippen LogP) is 5.52. The molecule has 1 aliphatic rings. The predicted molar refractivity (Wildman–Crippen MR) is 135 cm³/mol. The monoisotopic (exact) mass is 465 g/mol. The molecule has 0 radical (unpaired) electrons. The third kappa shape index (κ3) is 4.02. The van der Waals surface area contributed by atoms with Gasteiger partial charge in [-0.2, -0.15) is 5.10 Å². The van der Waals surface area contributed by atoms with Crippen LogP contribution in [-0.2, 0) is 6.54 Å². The summed E-state index contributed by atoms with van der Waals surface area (Å²) in [6.45, 7) is 0.827. The summed E-state index contributed by atoms with van der Waals surface area (Å²) in [6, 6.07) is 8.39. The quantitative estimate of drug-likeness (QED) is 0.357. The smallest absolute Gasteiger partial charge is 0.159 e. The number of nitrogens with one attached hydrogen (secondary N) is 2. The minimum Gasteiger partial charge on any atom is -0.335 e. The van der Waals surface area contributed by atoms with Crippen molar-refractivity contribution in [2.75, 3.05) is 14.1 Å². The van der Waals surface area contributed by atoms with Crippen LogP contribution < -0.4 is 0 Å². The molecule has 5 aromatic rings. The van der Waals surface area contributed by atoms with Crippen molar-refractivity contribution in [2.45, 2.75) is 18.9 Å². The van der Waals surface area contributed by atoms with Crippen molar-refractivity contribution in [3.8, 4) is 22.6 Å². The van der Waals surface area contributed by atoms with Crippen molar-refractivity contribution in [3.05, 3.63) is 84.2 Å². The Balaban J connectivity index is 1.41. The maximum atomic E-state index is 13.5. The normalized spacial score (nSPS) is 15.9. The second kappa shape index (κ2) is 8.56. The van der Waals surface area contributed by atoms with Crippen LogP contribution in [0.15, 0.2) is 73.1 Å². The van der Waals surface area contributed by atoms with Gasteiger partial charge in [0.25, 0.3) is 0 Å². The number of imidazole rings is 1. The highest BCUT2D eigenvalue weighted by Crippen LogP contribution is 2.34. The molecular formula is C27H24FN7. The van der Waals surface area contributed by atoms with Gasteiger partial charge in [0, 0.05) is 47.6 Å². The number of pyridine rings is 2. The number of allylic oxidation sites excluding steroid dienone is 4. The number of aromatic nitrogens is 6. The van der Waals surface area contributed by atoms with E-state index in [1.54, 1.807) is 12.3 Å². The van der Waals surface area contributed by atoms with E-state index in [0.717, 1.165) is 56.4 Å². The molecule has 8 heteroatoms.